The maximum absolute atomic E-state index is 11.2. The highest BCUT2D eigenvalue weighted by Crippen LogP contribution is 2.35. The third kappa shape index (κ3) is 4.30. The molecule has 0 saturated carbocycles. The van der Waals surface area contributed by atoms with E-state index in [-0.39, 0.29) is 6.09 Å². The average Bonchev–Trinajstić information content (AvgIpc) is 2.15. The number of ether oxygens (including phenoxy) is 1. The van der Waals surface area contributed by atoms with Crippen LogP contribution in [-0.4, -0.2) is 73.8 Å². The van der Waals surface area contributed by atoms with Gasteiger partial charge in [-0.2, -0.15) is 0 Å². The van der Waals surface area contributed by atoms with Gasteiger partial charge in [-0.15, -0.1) is 0 Å². The zero-order valence-corrected chi connectivity index (χ0v) is 11.0. The molecule has 1 rings (SSSR count). The van der Waals surface area contributed by atoms with Gasteiger partial charge in [0.1, 0.15) is 0 Å². The molecular weight excluding hydrogens is 212 g/mol. The molecule has 0 aromatic heterocycles. The third-order valence-corrected chi connectivity index (χ3v) is 3.51. The molecule has 0 N–H and O–H groups in total. The first-order chi connectivity index (χ1) is 6.92. The SMILES string of the molecule is COC(=O)N1CCN(CS(C)(C)C)CC1. The molecule has 4 nitrogen and oxygen atoms in total. The average molecular weight is 234 g/mol. The molecule has 90 valence electrons. The molecule has 1 amide bonds. The molecule has 15 heavy (non-hydrogen) atoms. The van der Waals surface area contributed by atoms with Gasteiger partial charge < -0.3 is 9.64 Å². The second-order valence-electron chi connectivity index (χ2n) is 4.79. The van der Waals surface area contributed by atoms with E-state index in [2.05, 4.69) is 23.7 Å². The Balaban J connectivity index is 2.33. The standard InChI is InChI=1S/C10H22N2O2S/c1-14-10(13)12-7-5-11(6-8-12)9-15(2,3)4/h5-9H2,1-4H3. The van der Waals surface area contributed by atoms with Gasteiger partial charge in [-0.05, 0) is 18.8 Å². The van der Waals surface area contributed by atoms with Gasteiger partial charge in [0.25, 0.3) is 0 Å². The van der Waals surface area contributed by atoms with Gasteiger partial charge in [0.15, 0.2) is 0 Å². The van der Waals surface area contributed by atoms with E-state index >= 15 is 0 Å². The number of rotatable bonds is 2. The lowest BCUT2D eigenvalue weighted by Gasteiger charge is -2.39. The van der Waals surface area contributed by atoms with Crippen molar-refractivity contribution in [2.24, 2.45) is 0 Å². The van der Waals surface area contributed by atoms with Crippen molar-refractivity contribution in [2.45, 2.75) is 0 Å². The van der Waals surface area contributed by atoms with E-state index in [1.54, 1.807) is 4.90 Å². The number of amides is 1. The minimum atomic E-state index is -0.476. The van der Waals surface area contributed by atoms with Crippen molar-refractivity contribution in [3.05, 3.63) is 0 Å². The molecule has 0 bridgehead atoms. The number of carbonyl (C=O) groups excluding carboxylic acids is 1. The van der Waals surface area contributed by atoms with Crippen LogP contribution in [0.15, 0.2) is 0 Å². The molecule has 0 aromatic carbocycles. The second-order valence-corrected chi connectivity index (χ2v) is 9.23. The maximum atomic E-state index is 11.2. The number of hydrogen-bond acceptors (Lipinski definition) is 3. The molecule has 5 heteroatoms. The van der Waals surface area contributed by atoms with Crippen molar-refractivity contribution >= 4 is 16.1 Å². The zero-order valence-electron chi connectivity index (χ0n) is 10.2. The quantitative estimate of drug-likeness (QED) is 0.715. The van der Waals surface area contributed by atoms with E-state index in [4.69, 9.17) is 4.74 Å². The van der Waals surface area contributed by atoms with Crippen molar-refractivity contribution in [3.8, 4) is 0 Å². The summed E-state index contributed by atoms with van der Waals surface area (Å²) >= 11 is 0. The monoisotopic (exact) mass is 234 g/mol. The molecule has 0 spiro atoms. The van der Waals surface area contributed by atoms with Gasteiger partial charge in [0, 0.05) is 32.1 Å². The van der Waals surface area contributed by atoms with Crippen LogP contribution in [0, 0.1) is 0 Å². The van der Waals surface area contributed by atoms with Crippen LogP contribution in [-0.2, 0) is 4.74 Å². The number of nitrogens with zero attached hydrogens (tertiary/aromatic N) is 2. The van der Waals surface area contributed by atoms with E-state index in [1.807, 2.05) is 0 Å². The van der Waals surface area contributed by atoms with Gasteiger partial charge in [-0.1, -0.05) is 0 Å². The summed E-state index contributed by atoms with van der Waals surface area (Å²) in [5, 5.41) is 0. The molecule has 0 aromatic rings. The zero-order chi connectivity index (χ0) is 11.5. The smallest absolute Gasteiger partial charge is 0.409 e. The number of methoxy groups -OCH3 is 1. The summed E-state index contributed by atoms with van der Waals surface area (Å²) in [5.74, 6) is 1.17. The Morgan fingerprint density at radius 2 is 1.73 bits per heavy atom. The molecule has 1 fully saturated rings. The van der Waals surface area contributed by atoms with Crippen LogP contribution >= 0.6 is 10.0 Å². The molecule has 1 aliphatic rings. The van der Waals surface area contributed by atoms with Crippen molar-refractivity contribution in [1.29, 1.82) is 0 Å². The highest BCUT2D eigenvalue weighted by Gasteiger charge is 2.22. The fourth-order valence-electron chi connectivity index (χ4n) is 1.74. The summed E-state index contributed by atoms with van der Waals surface area (Å²) in [6.07, 6.45) is 6.76. The lowest BCUT2D eigenvalue weighted by molar-refractivity contribution is 0.0966. The van der Waals surface area contributed by atoms with E-state index in [0.29, 0.717) is 0 Å². The summed E-state index contributed by atoms with van der Waals surface area (Å²) in [6, 6.07) is 0. The van der Waals surface area contributed by atoms with Gasteiger partial charge in [0.2, 0.25) is 0 Å². The van der Waals surface area contributed by atoms with Gasteiger partial charge in [0.05, 0.1) is 7.11 Å². The fourth-order valence-corrected chi connectivity index (χ4v) is 3.09. The van der Waals surface area contributed by atoms with Crippen LogP contribution in [0.2, 0.25) is 0 Å². The molecule has 1 saturated heterocycles. The molecular formula is C10H22N2O2S. The Morgan fingerprint density at radius 1 is 1.20 bits per heavy atom. The van der Waals surface area contributed by atoms with E-state index in [0.717, 1.165) is 26.2 Å². The van der Waals surface area contributed by atoms with Gasteiger partial charge in [-0.25, -0.2) is 14.8 Å². The van der Waals surface area contributed by atoms with Gasteiger partial charge >= 0.3 is 6.09 Å². The Hall–Kier alpha value is -0.420. The first-order valence-corrected chi connectivity index (χ1v) is 8.16. The Labute approximate surface area is 93.9 Å². The van der Waals surface area contributed by atoms with E-state index in [1.165, 1.54) is 13.0 Å². The molecule has 0 radical (unpaired) electrons. The lowest BCUT2D eigenvalue weighted by Crippen LogP contribution is -2.49. The van der Waals surface area contributed by atoms with Crippen LogP contribution in [0.5, 0.6) is 0 Å². The highest BCUT2D eigenvalue weighted by atomic mass is 32.3. The lowest BCUT2D eigenvalue weighted by atomic mass is 10.3. The molecule has 1 heterocycles. The van der Waals surface area contributed by atoms with Crippen molar-refractivity contribution in [3.63, 3.8) is 0 Å². The topological polar surface area (TPSA) is 32.8 Å². The van der Waals surface area contributed by atoms with Crippen LogP contribution in [0.4, 0.5) is 4.79 Å². The molecule has 0 atom stereocenters. The van der Waals surface area contributed by atoms with E-state index < -0.39 is 10.0 Å². The molecule has 1 aliphatic heterocycles. The van der Waals surface area contributed by atoms with Crippen molar-refractivity contribution < 1.29 is 9.53 Å². The maximum Gasteiger partial charge on any atom is 0.409 e. The van der Waals surface area contributed by atoms with Crippen LogP contribution in [0.1, 0.15) is 0 Å². The minimum absolute atomic E-state index is 0.197. The summed E-state index contributed by atoms with van der Waals surface area (Å²) < 4.78 is 4.70. The number of hydrogen-bond donors (Lipinski definition) is 0. The number of carbonyl (C=O) groups is 1. The first kappa shape index (κ1) is 12.6. The van der Waals surface area contributed by atoms with Crippen molar-refractivity contribution in [2.75, 3.05) is 57.9 Å². The third-order valence-electron chi connectivity index (χ3n) is 2.37. The predicted octanol–water partition coefficient (Wildman–Crippen LogP) is 1.02. The van der Waals surface area contributed by atoms with Crippen LogP contribution in [0.3, 0.4) is 0 Å². The molecule has 0 unspecified atom stereocenters. The van der Waals surface area contributed by atoms with Gasteiger partial charge in [-0.3, -0.25) is 4.90 Å². The summed E-state index contributed by atoms with van der Waals surface area (Å²) in [5.41, 5.74) is 0. The second kappa shape index (κ2) is 5.07. The Morgan fingerprint density at radius 3 is 2.13 bits per heavy atom. The largest absolute Gasteiger partial charge is 0.453 e. The Kier molecular flexibility index (Phi) is 4.28. The highest BCUT2D eigenvalue weighted by molar-refractivity contribution is 8.32. The summed E-state index contributed by atoms with van der Waals surface area (Å²) in [6.45, 7) is 3.53. The fraction of sp³-hybridized carbons (Fsp3) is 0.900. The summed E-state index contributed by atoms with van der Waals surface area (Å²) in [7, 11) is 0.963. The first-order valence-electron chi connectivity index (χ1n) is 5.13. The minimum Gasteiger partial charge on any atom is -0.453 e. The summed E-state index contributed by atoms with van der Waals surface area (Å²) in [4.78, 5) is 15.5. The van der Waals surface area contributed by atoms with E-state index in [9.17, 15) is 4.79 Å². The number of piperazine rings is 1. The normalized spacial score (nSPS) is 20.1. The Bertz CT molecular complexity index is 220. The predicted molar refractivity (Wildman–Crippen MR) is 65.8 cm³/mol. The van der Waals surface area contributed by atoms with Crippen molar-refractivity contribution in [1.82, 2.24) is 9.80 Å². The van der Waals surface area contributed by atoms with Crippen LogP contribution < -0.4 is 0 Å². The molecule has 0 aliphatic carbocycles. The van der Waals surface area contributed by atoms with Crippen LogP contribution in [0.25, 0.3) is 0 Å².